The predicted octanol–water partition coefficient (Wildman–Crippen LogP) is 3.36. The molecule has 0 saturated heterocycles. The number of Topliss-reactive ketones (excluding diaryl/α,β-unsaturated/α-hetero) is 2. The average molecular weight is 234 g/mol. The Morgan fingerprint density at radius 3 is 2.47 bits per heavy atom. The van der Waals surface area contributed by atoms with Crippen molar-refractivity contribution in [3.8, 4) is 5.75 Å². The van der Waals surface area contributed by atoms with Crippen LogP contribution in [-0.4, -0.2) is 16.7 Å². The third kappa shape index (κ3) is 3.70. The van der Waals surface area contributed by atoms with Gasteiger partial charge in [-0.15, -0.1) is 0 Å². The Labute approximate surface area is 101 Å². The normalized spacial score (nSPS) is 10.2. The molecule has 1 rings (SSSR count). The summed E-state index contributed by atoms with van der Waals surface area (Å²) in [6, 6.07) is 4.33. The Morgan fingerprint density at radius 2 is 1.88 bits per heavy atom. The lowest BCUT2D eigenvalue weighted by atomic mass is 9.97. The number of carbonyl (C=O) groups excluding carboxylic acids is 2. The predicted molar refractivity (Wildman–Crippen MR) is 66.6 cm³/mol. The van der Waals surface area contributed by atoms with E-state index in [9.17, 15) is 14.7 Å². The molecule has 1 aromatic carbocycles. The first-order chi connectivity index (χ1) is 8.06. The van der Waals surface area contributed by atoms with Crippen molar-refractivity contribution in [2.24, 2.45) is 0 Å². The summed E-state index contributed by atoms with van der Waals surface area (Å²) in [6.07, 6.45) is 3.37. The van der Waals surface area contributed by atoms with Gasteiger partial charge in [-0.3, -0.25) is 9.59 Å². The monoisotopic (exact) mass is 234 g/mol. The summed E-state index contributed by atoms with van der Waals surface area (Å²) in [5.41, 5.74) is 0.734. The second-order valence-corrected chi connectivity index (χ2v) is 4.17. The van der Waals surface area contributed by atoms with Crippen LogP contribution in [0, 0.1) is 0 Å². The van der Waals surface area contributed by atoms with Gasteiger partial charge in [-0.05, 0) is 31.5 Å². The smallest absolute Gasteiger partial charge is 0.163 e. The molecule has 0 saturated carbocycles. The highest BCUT2D eigenvalue weighted by atomic mass is 16.3. The number of hydrogen-bond acceptors (Lipinski definition) is 3. The average Bonchev–Trinajstić information content (AvgIpc) is 2.29. The number of ketones is 2. The van der Waals surface area contributed by atoms with Gasteiger partial charge in [0.25, 0.3) is 0 Å². The molecule has 0 fully saturated rings. The van der Waals surface area contributed by atoms with Crippen LogP contribution < -0.4 is 0 Å². The SMILES string of the molecule is CCCCCC(=O)c1ccc(O)cc1C(C)=O. The van der Waals surface area contributed by atoms with Crippen molar-refractivity contribution in [3.63, 3.8) is 0 Å². The van der Waals surface area contributed by atoms with E-state index in [4.69, 9.17) is 0 Å². The topological polar surface area (TPSA) is 54.4 Å². The summed E-state index contributed by atoms with van der Waals surface area (Å²) in [6.45, 7) is 3.48. The highest BCUT2D eigenvalue weighted by Gasteiger charge is 2.14. The number of carbonyl (C=O) groups is 2. The fourth-order valence-electron chi connectivity index (χ4n) is 1.74. The number of phenolic OH excluding ortho intramolecular Hbond substituents is 1. The number of rotatable bonds is 6. The van der Waals surface area contributed by atoms with E-state index < -0.39 is 0 Å². The number of unbranched alkanes of at least 4 members (excludes halogenated alkanes) is 2. The van der Waals surface area contributed by atoms with Crippen molar-refractivity contribution >= 4 is 11.6 Å². The van der Waals surface area contributed by atoms with Crippen LogP contribution in [0.5, 0.6) is 5.75 Å². The van der Waals surface area contributed by atoms with Crippen LogP contribution in [0.15, 0.2) is 18.2 Å². The Kier molecular flexibility index (Phi) is 4.88. The van der Waals surface area contributed by atoms with Gasteiger partial charge in [0.15, 0.2) is 11.6 Å². The zero-order chi connectivity index (χ0) is 12.8. The first-order valence-corrected chi connectivity index (χ1v) is 5.93. The highest BCUT2D eigenvalue weighted by Crippen LogP contribution is 2.19. The van der Waals surface area contributed by atoms with Crippen LogP contribution >= 0.6 is 0 Å². The standard InChI is InChI=1S/C14H18O3/c1-3-4-5-6-14(17)12-8-7-11(16)9-13(12)10(2)15/h7-9,16H,3-6H2,1-2H3. The van der Waals surface area contributed by atoms with E-state index in [1.54, 1.807) is 0 Å². The summed E-state index contributed by atoms with van der Waals surface area (Å²) in [5.74, 6) is -0.205. The molecule has 0 radical (unpaired) electrons. The Balaban J connectivity index is 2.89. The molecule has 0 atom stereocenters. The van der Waals surface area contributed by atoms with Crippen molar-refractivity contribution in [2.45, 2.75) is 39.5 Å². The molecule has 0 aliphatic carbocycles. The fraction of sp³-hybridized carbons (Fsp3) is 0.429. The third-order valence-electron chi connectivity index (χ3n) is 2.69. The molecule has 3 heteroatoms. The molecule has 0 bridgehead atoms. The van der Waals surface area contributed by atoms with E-state index in [2.05, 4.69) is 6.92 Å². The number of phenols is 1. The van der Waals surface area contributed by atoms with Crippen molar-refractivity contribution in [3.05, 3.63) is 29.3 Å². The zero-order valence-corrected chi connectivity index (χ0v) is 10.3. The van der Waals surface area contributed by atoms with E-state index in [1.165, 1.54) is 25.1 Å². The molecule has 1 N–H and O–H groups in total. The number of aromatic hydroxyl groups is 1. The van der Waals surface area contributed by atoms with E-state index in [-0.39, 0.29) is 17.3 Å². The molecule has 0 heterocycles. The molecule has 0 unspecified atom stereocenters. The van der Waals surface area contributed by atoms with Crippen LogP contribution in [-0.2, 0) is 0 Å². The lowest BCUT2D eigenvalue weighted by Gasteiger charge is -2.06. The van der Waals surface area contributed by atoms with E-state index in [0.29, 0.717) is 17.5 Å². The Bertz CT molecular complexity index is 421. The van der Waals surface area contributed by atoms with Crippen LogP contribution in [0.2, 0.25) is 0 Å². The molecule has 0 amide bonds. The maximum atomic E-state index is 11.9. The molecule has 92 valence electrons. The van der Waals surface area contributed by atoms with Gasteiger partial charge in [0.1, 0.15) is 5.75 Å². The minimum atomic E-state index is -0.195. The van der Waals surface area contributed by atoms with E-state index in [0.717, 1.165) is 19.3 Å². The summed E-state index contributed by atoms with van der Waals surface area (Å²) in [5, 5.41) is 9.32. The minimum Gasteiger partial charge on any atom is -0.508 e. The van der Waals surface area contributed by atoms with Crippen molar-refractivity contribution < 1.29 is 14.7 Å². The van der Waals surface area contributed by atoms with E-state index in [1.807, 2.05) is 0 Å². The van der Waals surface area contributed by atoms with Gasteiger partial charge >= 0.3 is 0 Å². The minimum absolute atomic E-state index is 0.0142. The molecular formula is C14H18O3. The van der Waals surface area contributed by atoms with Crippen LogP contribution in [0.4, 0.5) is 0 Å². The number of hydrogen-bond donors (Lipinski definition) is 1. The second kappa shape index (κ2) is 6.18. The van der Waals surface area contributed by atoms with Gasteiger partial charge in [-0.2, -0.15) is 0 Å². The van der Waals surface area contributed by atoms with Crippen molar-refractivity contribution in [1.29, 1.82) is 0 Å². The van der Waals surface area contributed by atoms with Gasteiger partial charge in [-0.25, -0.2) is 0 Å². The third-order valence-corrected chi connectivity index (χ3v) is 2.69. The van der Waals surface area contributed by atoms with E-state index >= 15 is 0 Å². The molecule has 0 aromatic heterocycles. The zero-order valence-electron chi connectivity index (χ0n) is 10.3. The van der Waals surface area contributed by atoms with Gasteiger partial charge in [0.05, 0.1) is 0 Å². The Hall–Kier alpha value is -1.64. The summed E-state index contributed by atoms with van der Waals surface area (Å²) in [4.78, 5) is 23.3. The molecule has 0 aliphatic rings. The lowest BCUT2D eigenvalue weighted by Crippen LogP contribution is -2.06. The number of benzene rings is 1. The van der Waals surface area contributed by atoms with Gasteiger partial charge in [0.2, 0.25) is 0 Å². The summed E-state index contributed by atoms with van der Waals surface area (Å²) >= 11 is 0. The van der Waals surface area contributed by atoms with Crippen molar-refractivity contribution in [1.82, 2.24) is 0 Å². The first kappa shape index (κ1) is 13.4. The fourth-order valence-corrected chi connectivity index (χ4v) is 1.74. The quantitative estimate of drug-likeness (QED) is 0.606. The first-order valence-electron chi connectivity index (χ1n) is 5.93. The molecule has 0 aliphatic heterocycles. The van der Waals surface area contributed by atoms with Crippen molar-refractivity contribution in [2.75, 3.05) is 0 Å². The van der Waals surface area contributed by atoms with Gasteiger partial charge in [0, 0.05) is 17.5 Å². The maximum Gasteiger partial charge on any atom is 0.163 e. The second-order valence-electron chi connectivity index (χ2n) is 4.17. The highest BCUT2D eigenvalue weighted by molar-refractivity contribution is 6.08. The summed E-state index contributed by atoms with van der Waals surface area (Å²) < 4.78 is 0. The molecular weight excluding hydrogens is 216 g/mol. The summed E-state index contributed by atoms with van der Waals surface area (Å²) in [7, 11) is 0. The van der Waals surface area contributed by atoms with Gasteiger partial charge < -0.3 is 5.11 Å². The van der Waals surface area contributed by atoms with Gasteiger partial charge in [-0.1, -0.05) is 19.8 Å². The molecule has 3 nitrogen and oxygen atoms in total. The largest absolute Gasteiger partial charge is 0.508 e. The maximum absolute atomic E-state index is 11.9. The van der Waals surface area contributed by atoms with Crippen LogP contribution in [0.3, 0.4) is 0 Å². The molecule has 1 aromatic rings. The lowest BCUT2D eigenvalue weighted by molar-refractivity contribution is 0.0959. The van der Waals surface area contributed by atoms with Crippen LogP contribution in [0.25, 0.3) is 0 Å². The Morgan fingerprint density at radius 1 is 1.18 bits per heavy atom. The molecule has 17 heavy (non-hydrogen) atoms. The van der Waals surface area contributed by atoms with Crippen LogP contribution in [0.1, 0.15) is 60.2 Å². The molecule has 0 spiro atoms.